The molecular formula is C34H42ClN3O5S. The Morgan fingerprint density at radius 2 is 1.70 bits per heavy atom. The number of aryl methyl sites for hydroxylation is 1. The summed E-state index contributed by atoms with van der Waals surface area (Å²) in [6, 6.07) is 21.8. The molecule has 1 fully saturated rings. The third kappa shape index (κ3) is 9.22. The summed E-state index contributed by atoms with van der Waals surface area (Å²) < 4.78 is 31.9. The maximum Gasteiger partial charge on any atom is 0.243 e. The van der Waals surface area contributed by atoms with E-state index in [-0.39, 0.29) is 48.8 Å². The van der Waals surface area contributed by atoms with Gasteiger partial charge in [0, 0.05) is 32.0 Å². The number of carbonyl (C=O) groups is 2. The Bertz CT molecular complexity index is 1530. The topological polar surface area (TPSA) is 96.0 Å². The molecule has 1 aliphatic rings. The van der Waals surface area contributed by atoms with Crippen molar-refractivity contribution in [3.63, 3.8) is 0 Å². The number of hydrogen-bond acceptors (Lipinski definition) is 5. The summed E-state index contributed by atoms with van der Waals surface area (Å²) in [6.45, 7) is 2.33. The van der Waals surface area contributed by atoms with Gasteiger partial charge >= 0.3 is 0 Å². The summed E-state index contributed by atoms with van der Waals surface area (Å²) in [7, 11) is -2.18. The second-order valence-corrected chi connectivity index (χ2v) is 13.8. The number of methoxy groups -OCH3 is 1. The minimum atomic E-state index is -3.66. The van der Waals surface area contributed by atoms with Gasteiger partial charge in [0.2, 0.25) is 21.8 Å². The highest BCUT2D eigenvalue weighted by atomic mass is 35.5. The quantitative estimate of drug-likeness (QED) is 0.237. The van der Waals surface area contributed by atoms with Crippen molar-refractivity contribution in [1.82, 2.24) is 10.2 Å². The van der Waals surface area contributed by atoms with Crippen LogP contribution >= 0.6 is 11.6 Å². The number of carbonyl (C=O) groups excluding carboxylic acids is 2. The standard InChI is InChI=1S/C34H42ClN3O5S/c1-25-11-9-14-27(21-25)24-37(31(22-26-12-5-4-6-13-26)34(40)36-28-15-7-8-16-28)33(39)17-10-20-38(44(3,41)42)29-18-19-32(43-2)30(35)23-29/h4-6,9,11-14,18-19,21,23,28,31H,7-8,10,15-17,20,22,24H2,1-3H3,(H,36,40)/t31-/m0/s1. The molecule has 2 amide bonds. The Hall–Kier alpha value is -3.56. The van der Waals surface area contributed by atoms with E-state index in [4.69, 9.17) is 16.3 Å². The van der Waals surface area contributed by atoms with E-state index in [1.54, 1.807) is 17.0 Å². The van der Waals surface area contributed by atoms with E-state index < -0.39 is 16.1 Å². The molecule has 0 unspecified atom stereocenters. The van der Waals surface area contributed by atoms with Gasteiger partial charge < -0.3 is 15.0 Å². The van der Waals surface area contributed by atoms with Crippen LogP contribution in [0, 0.1) is 6.92 Å². The highest BCUT2D eigenvalue weighted by molar-refractivity contribution is 7.92. The van der Waals surface area contributed by atoms with Crippen LogP contribution in [0.25, 0.3) is 0 Å². The monoisotopic (exact) mass is 639 g/mol. The number of sulfonamides is 1. The first-order valence-electron chi connectivity index (χ1n) is 15.1. The van der Waals surface area contributed by atoms with E-state index in [0.717, 1.165) is 48.6 Å². The minimum absolute atomic E-state index is 0.0592. The number of amides is 2. The molecule has 0 spiro atoms. The third-order valence-corrected chi connectivity index (χ3v) is 9.47. The van der Waals surface area contributed by atoms with Crippen LogP contribution in [0.3, 0.4) is 0 Å². The van der Waals surface area contributed by atoms with E-state index in [1.807, 2.05) is 61.5 Å². The lowest BCUT2D eigenvalue weighted by atomic mass is 10.0. The summed E-state index contributed by atoms with van der Waals surface area (Å²) in [5.74, 6) is 0.0637. The molecule has 4 rings (SSSR count). The smallest absolute Gasteiger partial charge is 0.243 e. The Morgan fingerprint density at radius 3 is 2.34 bits per heavy atom. The largest absolute Gasteiger partial charge is 0.495 e. The van der Waals surface area contributed by atoms with Crippen LogP contribution in [0.5, 0.6) is 5.75 Å². The molecule has 0 saturated heterocycles. The fourth-order valence-electron chi connectivity index (χ4n) is 5.74. The first-order chi connectivity index (χ1) is 21.0. The van der Waals surface area contributed by atoms with Gasteiger partial charge in [-0.1, -0.05) is 84.6 Å². The molecule has 1 aliphatic carbocycles. The minimum Gasteiger partial charge on any atom is -0.495 e. The number of nitrogens with one attached hydrogen (secondary N) is 1. The lowest BCUT2D eigenvalue weighted by Crippen LogP contribution is -2.52. The fraction of sp³-hybridized carbons (Fsp3) is 0.412. The molecule has 1 atom stereocenters. The zero-order chi connectivity index (χ0) is 31.7. The van der Waals surface area contributed by atoms with Crippen molar-refractivity contribution in [1.29, 1.82) is 0 Å². The van der Waals surface area contributed by atoms with Crippen LogP contribution < -0.4 is 14.4 Å². The number of hydrogen-bond donors (Lipinski definition) is 1. The van der Waals surface area contributed by atoms with E-state index in [9.17, 15) is 18.0 Å². The Morgan fingerprint density at radius 1 is 1.00 bits per heavy atom. The number of nitrogens with zero attached hydrogens (tertiary/aromatic N) is 2. The summed E-state index contributed by atoms with van der Waals surface area (Å²) in [5.41, 5.74) is 3.34. The molecule has 3 aromatic rings. The zero-order valence-electron chi connectivity index (χ0n) is 25.7. The second-order valence-electron chi connectivity index (χ2n) is 11.5. The van der Waals surface area contributed by atoms with Crippen molar-refractivity contribution < 1.29 is 22.7 Å². The average molecular weight is 640 g/mol. The zero-order valence-corrected chi connectivity index (χ0v) is 27.2. The van der Waals surface area contributed by atoms with Gasteiger partial charge in [0.25, 0.3) is 0 Å². The molecule has 0 radical (unpaired) electrons. The Kier molecular flexibility index (Phi) is 11.7. The molecule has 0 heterocycles. The van der Waals surface area contributed by atoms with Gasteiger partial charge in [-0.3, -0.25) is 13.9 Å². The van der Waals surface area contributed by atoms with Gasteiger partial charge in [-0.25, -0.2) is 8.42 Å². The second kappa shape index (κ2) is 15.4. The summed E-state index contributed by atoms with van der Waals surface area (Å²) in [5, 5.41) is 3.51. The summed E-state index contributed by atoms with van der Waals surface area (Å²) in [4.78, 5) is 29.6. The summed E-state index contributed by atoms with van der Waals surface area (Å²) >= 11 is 6.28. The molecule has 3 aromatic carbocycles. The lowest BCUT2D eigenvalue weighted by molar-refractivity contribution is -0.141. The Labute approximate surface area is 266 Å². The van der Waals surface area contributed by atoms with Crippen LogP contribution in [0.15, 0.2) is 72.8 Å². The molecule has 8 nitrogen and oxygen atoms in total. The van der Waals surface area contributed by atoms with E-state index in [0.29, 0.717) is 17.9 Å². The predicted octanol–water partition coefficient (Wildman–Crippen LogP) is 5.90. The number of anilines is 1. The molecule has 236 valence electrons. The van der Waals surface area contributed by atoms with Crippen LogP contribution in [0.2, 0.25) is 5.02 Å². The molecule has 0 bridgehead atoms. The van der Waals surface area contributed by atoms with Gasteiger partial charge in [0.1, 0.15) is 11.8 Å². The number of benzene rings is 3. The maximum absolute atomic E-state index is 14.1. The van der Waals surface area contributed by atoms with Crippen LogP contribution in [0.1, 0.15) is 55.2 Å². The number of rotatable bonds is 14. The average Bonchev–Trinajstić information content (AvgIpc) is 3.50. The molecule has 0 aromatic heterocycles. The van der Waals surface area contributed by atoms with Crippen molar-refractivity contribution >= 4 is 39.1 Å². The van der Waals surface area contributed by atoms with Crippen molar-refractivity contribution in [3.05, 3.63) is 94.5 Å². The first kappa shape index (κ1) is 33.3. The Balaban J connectivity index is 1.59. The lowest BCUT2D eigenvalue weighted by Gasteiger charge is -2.33. The predicted molar refractivity (Wildman–Crippen MR) is 175 cm³/mol. The fourth-order valence-corrected chi connectivity index (χ4v) is 6.95. The SMILES string of the molecule is COc1ccc(N(CCCC(=O)N(Cc2cccc(C)c2)[C@@H](Cc2ccccc2)C(=O)NC2CCCC2)S(C)(=O)=O)cc1Cl. The summed E-state index contributed by atoms with van der Waals surface area (Å²) in [6.07, 6.45) is 5.84. The van der Waals surface area contributed by atoms with Gasteiger partial charge in [0.05, 0.1) is 24.1 Å². The van der Waals surface area contributed by atoms with E-state index in [2.05, 4.69) is 5.32 Å². The number of halogens is 1. The van der Waals surface area contributed by atoms with Crippen LogP contribution in [0.4, 0.5) is 5.69 Å². The molecule has 1 saturated carbocycles. The maximum atomic E-state index is 14.1. The molecular weight excluding hydrogens is 598 g/mol. The van der Waals surface area contributed by atoms with Crippen molar-refractivity contribution in [2.45, 2.75) is 70.5 Å². The normalized spacial score (nSPS) is 14.2. The molecule has 10 heteroatoms. The van der Waals surface area contributed by atoms with Crippen molar-refractivity contribution in [2.24, 2.45) is 0 Å². The van der Waals surface area contributed by atoms with Gasteiger partial charge in [0.15, 0.2) is 0 Å². The van der Waals surface area contributed by atoms with E-state index in [1.165, 1.54) is 17.5 Å². The third-order valence-electron chi connectivity index (χ3n) is 7.98. The van der Waals surface area contributed by atoms with Gasteiger partial charge in [-0.2, -0.15) is 0 Å². The van der Waals surface area contributed by atoms with Gasteiger partial charge in [-0.15, -0.1) is 0 Å². The first-order valence-corrected chi connectivity index (χ1v) is 17.3. The molecule has 1 N–H and O–H groups in total. The van der Waals surface area contributed by atoms with Crippen molar-refractivity contribution in [2.75, 3.05) is 24.2 Å². The number of ether oxygens (including phenoxy) is 1. The molecule has 44 heavy (non-hydrogen) atoms. The van der Waals surface area contributed by atoms with E-state index >= 15 is 0 Å². The molecule has 0 aliphatic heterocycles. The van der Waals surface area contributed by atoms with Gasteiger partial charge in [-0.05, 0) is 55.5 Å². The highest BCUT2D eigenvalue weighted by Crippen LogP contribution is 2.30. The van der Waals surface area contributed by atoms with Crippen LogP contribution in [-0.2, 0) is 32.6 Å². The van der Waals surface area contributed by atoms with Crippen LogP contribution in [-0.4, -0.2) is 57.1 Å². The highest BCUT2D eigenvalue weighted by Gasteiger charge is 2.32. The van der Waals surface area contributed by atoms with Crippen molar-refractivity contribution in [3.8, 4) is 5.75 Å².